The van der Waals surface area contributed by atoms with Gasteiger partial charge >= 0.3 is 0 Å². The molecule has 0 saturated heterocycles. The number of aryl methyl sites for hydroxylation is 1. The third kappa shape index (κ3) is 6.81. The molecule has 0 spiro atoms. The number of hydrogen-bond donors (Lipinski definition) is 2. The maximum Gasteiger partial charge on any atom is 0.240 e. The van der Waals surface area contributed by atoms with E-state index in [1.54, 1.807) is 26.0 Å². The van der Waals surface area contributed by atoms with Crippen LogP contribution in [-0.2, 0) is 27.7 Å². The Balaban J connectivity index is 1.94. The second kappa shape index (κ2) is 9.67. The number of amides is 1. The van der Waals surface area contributed by atoms with Gasteiger partial charge in [0.05, 0.1) is 11.3 Å². The van der Waals surface area contributed by atoms with Gasteiger partial charge in [0, 0.05) is 11.7 Å². The summed E-state index contributed by atoms with van der Waals surface area (Å²) < 4.78 is 26.8. The van der Waals surface area contributed by atoms with E-state index < -0.39 is 10.0 Å². The molecule has 0 aliphatic rings. The molecule has 2 aromatic rings. The number of sulfonamides is 1. The molecule has 146 valence electrons. The molecule has 1 amide bonds. The van der Waals surface area contributed by atoms with Crippen LogP contribution < -0.4 is 10.0 Å². The van der Waals surface area contributed by atoms with Crippen LogP contribution in [0, 0.1) is 0 Å². The van der Waals surface area contributed by atoms with Gasteiger partial charge in [-0.3, -0.25) is 4.79 Å². The molecule has 0 atom stereocenters. The number of hydrogen-bond acceptors (Lipinski definition) is 3. The smallest absolute Gasteiger partial charge is 0.240 e. The first-order valence-corrected chi connectivity index (χ1v) is 10.8. The minimum atomic E-state index is -3.53. The standard InChI is InChI=1S/C21H28N2O3S/c1-4-5-6-17-7-9-18(10-8-17)15-21(24)22-19-11-13-20(14-12-19)27(25,26)23-16(2)3/h7-14,16,23H,4-6,15H2,1-3H3,(H,22,24). The van der Waals surface area contributed by atoms with E-state index in [-0.39, 0.29) is 23.3 Å². The zero-order chi connectivity index (χ0) is 19.9. The summed E-state index contributed by atoms with van der Waals surface area (Å²) in [6.45, 7) is 5.70. The summed E-state index contributed by atoms with van der Waals surface area (Å²) in [7, 11) is -3.53. The number of carbonyl (C=O) groups excluding carboxylic acids is 1. The minimum Gasteiger partial charge on any atom is -0.326 e. The molecule has 0 aliphatic heterocycles. The predicted molar refractivity (Wildman–Crippen MR) is 109 cm³/mol. The summed E-state index contributed by atoms with van der Waals surface area (Å²) in [4.78, 5) is 12.4. The van der Waals surface area contributed by atoms with E-state index >= 15 is 0 Å². The lowest BCUT2D eigenvalue weighted by molar-refractivity contribution is -0.115. The second-order valence-corrected chi connectivity index (χ2v) is 8.66. The van der Waals surface area contributed by atoms with Crippen LogP contribution in [0.5, 0.6) is 0 Å². The fourth-order valence-corrected chi connectivity index (χ4v) is 3.94. The average Bonchev–Trinajstić information content (AvgIpc) is 2.60. The van der Waals surface area contributed by atoms with Gasteiger partial charge in [-0.05, 0) is 62.1 Å². The molecule has 6 heteroatoms. The van der Waals surface area contributed by atoms with Crippen LogP contribution >= 0.6 is 0 Å². The fourth-order valence-electron chi connectivity index (χ4n) is 2.69. The van der Waals surface area contributed by atoms with Crippen molar-refractivity contribution in [3.63, 3.8) is 0 Å². The van der Waals surface area contributed by atoms with Crippen molar-refractivity contribution in [2.45, 2.75) is 57.4 Å². The summed E-state index contributed by atoms with van der Waals surface area (Å²) in [6, 6.07) is 14.1. The molecule has 0 bridgehead atoms. The monoisotopic (exact) mass is 388 g/mol. The highest BCUT2D eigenvalue weighted by atomic mass is 32.2. The second-order valence-electron chi connectivity index (χ2n) is 6.95. The molecule has 0 radical (unpaired) electrons. The van der Waals surface area contributed by atoms with Gasteiger partial charge < -0.3 is 5.32 Å². The van der Waals surface area contributed by atoms with Gasteiger partial charge in [0.25, 0.3) is 0 Å². The van der Waals surface area contributed by atoms with Crippen LogP contribution in [0.3, 0.4) is 0 Å². The topological polar surface area (TPSA) is 75.3 Å². The van der Waals surface area contributed by atoms with E-state index in [1.807, 2.05) is 12.1 Å². The van der Waals surface area contributed by atoms with E-state index in [2.05, 4.69) is 29.1 Å². The van der Waals surface area contributed by atoms with Crippen molar-refractivity contribution in [2.24, 2.45) is 0 Å². The third-order valence-electron chi connectivity index (χ3n) is 4.05. The van der Waals surface area contributed by atoms with Gasteiger partial charge in [-0.15, -0.1) is 0 Å². The maximum absolute atomic E-state index is 12.2. The summed E-state index contributed by atoms with van der Waals surface area (Å²) in [5.74, 6) is -0.132. The first-order chi connectivity index (χ1) is 12.8. The normalized spacial score (nSPS) is 11.6. The Kier molecular flexibility index (Phi) is 7.56. The Bertz CT molecular complexity index is 842. The Morgan fingerprint density at radius 2 is 1.56 bits per heavy atom. The lowest BCUT2D eigenvalue weighted by atomic mass is 10.0. The molecule has 0 fully saturated rings. The largest absolute Gasteiger partial charge is 0.326 e. The van der Waals surface area contributed by atoms with Crippen LogP contribution in [0.4, 0.5) is 5.69 Å². The summed E-state index contributed by atoms with van der Waals surface area (Å²) in [6.07, 6.45) is 3.67. The Morgan fingerprint density at radius 3 is 2.11 bits per heavy atom. The molecule has 2 rings (SSSR count). The highest BCUT2D eigenvalue weighted by Gasteiger charge is 2.15. The Morgan fingerprint density at radius 1 is 0.963 bits per heavy atom. The van der Waals surface area contributed by atoms with Crippen LogP contribution in [0.15, 0.2) is 53.4 Å². The predicted octanol–water partition coefficient (Wildman–Crippen LogP) is 3.90. The first-order valence-electron chi connectivity index (χ1n) is 9.30. The van der Waals surface area contributed by atoms with Crippen molar-refractivity contribution in [1.82, 2.24) is 4.72 Å². The van der Waals surface area contributed by atoms with Gasteiger partial charge in [0.15, 0.2) is 0 Å². The van der Waals surface area contributed by atoms with Crippen LogP contribution in [-0.4, -0.2) is 20.4 Å². The first kappa shape index (κ1) is 21.1. The number of rotatable bonds is 9. The van der Waals surface area contributed by atoms with Gasteiger partial charge in [-0.1, -0.05) is 37.6 Å². The molecule has 0 unspecified atom stereocenters. The number of anilines is 1. The van der Waals surface area contributed by atoms with Crippen molar-refractivity contribution in [2.75, 3.05) is 5.32 Å². The molecule has 0 aliphatic carbocycles. The van der Waals surface area contributed by atoms with Crippen LogP contribution in [0.2, 0.25) is 0 Å². The SMILES string of the molecule is CCCCc1ccc(CC(=O)Nc2ccc(S(=O)(=O)NC(C)C)cc2)cc1. The number of nitrogens with one attached hydrogen (secondary N) is 2. The molecule has 2 aromatic carbocycles. The number of benzene rings is 2. The van der Waals surface area contributed by atoms with Crippen molar-refractivity contribution in [1.29, 1.82) is 0 Å². The average molecular weight is 389 g/mol. The van der Waals surface area contributed by atoms with Crippen molar-refractivity contribution in [3.05, 3.63) is 59.7 Å². The molecule has 27 heavy (non-hydrogen) atoms. The highest BCUT2D eigenvalue weighted by molar-refractivity contribution is 7.89. The summed E-state index contributed by atoms with van der Waals surface area (Å²) >= 11 is 0. The summed E-state index contributed by atoms with van der Waals surface area (Å²) in [5, 5.41) is 2.80. The van der Waals surface area contributed by atoms with Gasteiger partial charge in [0.1, 0.15) is 0 Å². The van der Waals surface area contributed by atoms with Crippen molar-refractivity contribution in [3.8, 4) is 0 Å². The third-order valence-corrected chi connectivity index (χ3v) is 5.72. The van der Waals surface area contributed by atoms with E-state index in [0.29, 0.717) is 5.69 Å². The molecular weight excluding hydrogens is 360 g/mol. The molecule has 2 N–H and O–H groups in total. The molecule has 0 heterocycles. The van der Waals surface area contributed by atoms with Crippen LogP contribution in [0.1, 0.15) is 44.7 Å². The number of carbonyl (C=O) groups is 1. The van der Waals surface area contributed by atoms with Gasteiger partial charge in [-0.25, -0.2) is 13.1 Å². The van der Waals surface area contributed by atoms with E-state index in [0.717, 1.165) is 24.8 Å². The minimum absolute atomic E-state index is 0.132. The van der Waals surface area contributed by atoms with Gasteiger partial charge in [-0.2, -0.15) is 0 Å². The molecule has 0 aromatic heterocycles. The van der Waals surface area contributed by atoms with E-state index in [1.165, 1.54) is 17.7 Å². The Hall–Kier alpha value is -2.18. The molecule has 0 saturated carbocycles. The fraction of sp³-hybridized carbons (Fsp3) is 0.381. The quantitative estimate of drug-likeness (QED) is 0.684. The zero-order valence-corrected chi connectivity index (χ0v) is 17.0. The van der Waals surface area contributed by atoms with E-state index in [4.69, 9.17) is 0 Å². The maximum atomic E-state index is 12.2. The zero-order valence-electron chi connectivity index (χ0n) is 16.2. The lowest BCUT2D eigenvalue weighted by Crippen LogP contribution is -2.30. The van der Waals surface area contributed by atoms with E-state index in [9.17, 15) is 13.2 Å². The van der Waals surface area contributed by atoms with Crippen molar-refractivity contribution >= 4 is 21.6 Å². The summed E-state index contributed by atoms with van der Waals surface area (Å²) in [5.41, 5.74) is 2.81. The number of unbranched alkanes of at least 4 members (excludes halogenated alkanes) is 1. The molecular formula is C21H28N2O3S. The highest BCUT2D eigenvalue weighted by Crippen LogP contribution is 2.15. The lowest BCUT2D eigenvalue weighted by Gasteiger charge is -2.10. The van der Waals surface area contributed by atoms with Crippen molar-refractivity contribution < 1.29 is 13.2 Å². The molecule has 5 nitrogen and oxygen atoms in total. The Labute approximate surface area is 162 Å². The van der Waals surface area contributed by atoms with Crippen LogP contribution in [0.25, 0.3) is 0 Å². The van der Waals surface area contributed by atoms with Gasteiger partial charge in [0.2, 0.25) is 15.9 Å².